The van der Waals surface area contributed by atoms with E-state index in [1.54, 1.807) is 6.07 Å². The number of hydrogen-bond acceptors (Lipinski definition) is 4. The Balaban J connectivity index is 1.88. The zero-order valence-electron chi connectivity index (χ0n) is 10.4. The highest BCUT2D eigenvalue weighted by atomic mass is 35.5. The molecule has 1 aliphatic heterocycles. The lowest BCUT2D eigenvalue weighted by molar-refractivity contribution is 0.122. The first-order valence-electron chi connectivity index (χ1n) is 5.90. The van der Waals surface area contributed by atoms with Crippen molar-refractivity contribution in [3.05, 3.63) is 23.4 Å². The Morgan fingerprint density at radius 3 is 3.00 bits per heavy atom. The van der Waals surface area contributed by atoms with Crippen LogP contribution in [0.5, 0.6) is 0 Å². The Labute approximate surface area is 108 Å². The second-order valence-electron chi connectivity index (χ2n) is 4.62. The highest BCUT2D eigenvalue weighted by Gasteiger charge is 2.21. The monoisotopic (exact) mass is 254 g/mol. The minimum atomic E-state index is 0.523. The van der Waals surface area contributed by atoms with Gasteiger partial charge in [0.05, 0.1) is 0 Å². The van der Waals surface area contributed by atoms with Gasteiger partial charge < -0.3 is 10.2 Å². The number of nitrogens with one attached hydrogen (secondary N) is 1. The van der Waals surface area contributed by atoms with E-state index >= 15 is 0 Å². The predicted octanol–water partition coefficient (Wildman–Crippen LogP) is 1.39. The van der Waals surface area contributed by atoms with Crippen LogP contribution in [0.2, 0.25) is 5.15 Å². The Morgan fingerprint density at radius 1 is 1.41 bits per heavy atom. The summed E-state index contributed by atoms with van der Waals surface area (Å²) < 4.78 is 0. The first-order valence-corrected chi connectivity index (χ1v) is 6.28. The van der Waals surface area contributed by atoms with E-state index in [2.05, 4.69) is 34.2 Å². The van der Waals surface area contributed by atoms with Gasteiger partial charge in [-0.2, -0.15) is 0 Å². The first-order chi connectivity index (χ1) is 8.15. The van der Waals surface area contributed by atoms with Crippen LogP contribution in [0.3, 0.4) is 0 Å². The molecule has 1 atom stereocenters. The molecule has 2 heterocycles. The van der Waals surface area contributed by atoms with Crippen molar-refractivity contribution < 1.29 is 0 Å². The third-order valence-electron chi connectivity index (χ3n) is 3.21. The zero-order valence-corrected chi connectivity index (χ0v) is 11.1. The van der Waals surface area contributed by atoms with Gasteiger partial charge >= 0.3 is 0 Å². The topological polar surface area (TPSA) is 31.4 Å². The highest BCUT2D eigenvalue weighted by Crippen LogP contribution is 2.11. The van der Waals surface area contributed by atoms with Gasteiger partial charge in [-0.15, -0.1) is 0 Å². The molecule has 1 aromatic heterocycles. The molecule has 1 unspecified atom stereocenters. The van der Waals surface area contributed by atoms with Gasteiger partial charge in [0.15, 0.2) is 0 Å². The smallest absolute Gasteiger partial charge is 0.131 e. The van der Waals surface area contributed by atoms with Gasteiger partial charge in [-0.3, -0.25) is 4.90 Å². The lowest BCUT2D eigenvalue weighted by Crippen LogP contribution is -2.52. The molecule has 0 saturated carbocycles. The van der Waals surface area contributed by atoms with Crippen molar-refractivity contribution in [2.45, 2.75) is 6.04 Å². The normalized spacial score (nSPS) is 22.6. The molecule has 0 bridgehead atoms. The number of hydrogen-bond donors (Lipinski definition) is 1. The summed E-state index contributed by atoms with van der Waals surface area (Å²) in [7, 11) is 4.34. The molecule has 2 rings (SSSR count). The molecule has 0 amide bonds. The van der Waals surface area contributed by atoms with Crippen molar-refractivity contribution in [1.82, 2.24) is 14.8 Å². The van der Waals surface area contributed by atoms with Crippen molar-refractivity contribution >= 4 is 17.4 Å². The molecule has 17 heavy (non-hydrogen) atoms. The quantitative estimate of drug-likeness (QED) is 0.827. The van der Waals surface area contributed by atoms with E-state index in [-0.39, 0.29) is 0 Å². The minimum Gasteiger partial charge on any atom is -0.368 e. The van der Waals surface area contributed by atoms with Crippen LogP contribution in [-0.4, -0.2) is 61.1 Å². The van der Waals surface area contributed by atoms with Crippen molar-refractivity contribution in [2.75, 3.05) is 45.6 Å². The van der Waals surface area contributed by atoms with E-state index in [4.69, 9.17) is 11.6 Å². The summed E-state index contributed by atoms with van der Waals surface area (Å²) in [5.41, 5.74) is 0. The molecule has 0 aliphatic carbocycles. The molecule has 4 nitrogen and oxygen atoms in total. The number of pyridine rings is 1. The molecule has 0 radical (unpaired) electrons. The second kappa shape index (κ2) is 5.67. The van der Waals surface area contributed by atoms with Gasteiger partial charge in [0, 0.05) is 32.2 Å². The summed E-state index contributed by atoms with van der Waals surface area (Å²) >= 11 is 5.85. The number of halogens is 1. The van der Waals surface area contributed by atoms with Crippen LogP contribution in [0.4, 0.5) is 5.82 Å². The SMILES string of the molecule is CN1CCN(C)C(CNc2cccc(Cl)n2)C1. The van der Waals surface area contributed by atoms with Gasteiger partial charge in [-0.05, 0) is 26.2 Å². The molecule has 1 N–H and O–H groups in total. The molecule has 0 spiro atoms. The Hall–Kier alpha value is -0.840. The molecule has 94 valence electrons. The zero-order chi connectivity index (χ0) is 12.3. The van der Waals surface area contributed by atoms with E-state index in [0.717, 1.165) is 32.0 Å². The second-order valence-corrected chi connectivity index (χ2v) is 5.01. The molecule has 1 saturated heterocycles. The summed E-state index contributed by atoms with van der Waals surface area (Å²) in [5, 5.41) is 3.87. The fourth-order valence-electron chi connectivity index (χ4n) is 2.05. The standard InChI is InChI=1S/C12H19ClN4/c1-16-6-7-17(2)10(9-16)8-14-12-5-3-4-11(13)15-12/h3-5,10H,6-9H2,1-2H3,(H,14,15). The van der Waals surface area contributed by atoms with Crippen LogP contribution in [-0.2, 0) is 0 Å². The maximum Gasteiger partial charge on any atom is 0.131 e. The lowest BCUT2D eigenvalue weighted by atomic mass is 10.2. The van der Waals surface area contributed by atoms with Gasteiger partial charge in [0.25, 0.3) is 0 Å². The van der Waals surface area contributed by atoms with E-state index in [1.165, 1.54) is 0 Å². The van der Waals surface area contributed by atoms with Gasteiger partial charge in [-0.25, -0.2) is 4.98 Å². The number of likely N-dealkylation sites (N-methyl/N-ethyl adjacent to an activating group) is 2. The Bertz CT molecular complexity index is 371. The van der Waals surface area contributed by atoms with Crippen LogP contribution in [0.1, 0.15) is 0 Å². The Kier molecular flexibility index (Phi) is 4.20. The van der Waals surface area contributed by atoms with Crippen LogP contribution < -0.4 is 5.32 Å². The van der Waals surface area contributed by atoms with Crippen molar-refractivity contribution in [1.29, 1.82) is 0 Å². The van der Waals surface area contributed by atoms with Crippen LogP contribution >= 0.6 is 11.6 Å². The van der Waals surface area contributed by atoms with Gasteiger partial charge in [-0.1, -0.05) is 17.7 Å². The minimum absolute atomic E-state index is 0.523. The van der Waals surface area contributed by atoms with Crippen molar-refractivity contribution in [3.63, 3.8) is 0 Å². The van der Waals surface area contributed by atoms with Crippen LogP contribution in [0.25, 0.3) is 0 Å². The maximum absolute atomic E-state index is 5.85. The number of rotatable bonds is 3. The highest BCUT2D eigenvalue weighted by molar-refractivity contribution is 6.29. The van der Waals surface area contributed by atoms with Crippen molar-refractivity contribution in [2.24, 2.45) is 0 Å². The third kappa shape index (κ3) is 3.56. The molecule has 1 aliphatic rings. The summed E-state index contributed by atoms with van der Waals surface area (Å²) in [6.45, 7) is 4.24. The number of aromatic nitrogens is 1. The van der Waals surface area contributed by atoms with E-state index in [0.29, 0.717) is 11.2 Å². The average molecular weight is 255 g/mol. The summed E-state index contributed by atoms with van der Waals surface area (Å²) in [6.07, 6.45) is 0. The van der Waals surface area contributed by atoms with Crippen LogP contribution in [0.15, 0.2) is 18.2 Å². The molecule has 0 aromatic carbocycles. The number of anilines is 1. The lowest BCUT2D eigenvalue weighted by Gasteiger charge is -2.37. The number of piperazine rings is 1. The van der Waals surface area contributed by atoms with E-state index in [1.807, 2.05) is 12.1 Å². The first kappa shape index (κ1) is 12.6. The van der Waals surface area contributed by atoms with E-state index < -0.39 is 0 Å². The van der Waals surface area contributed by atoms with Gasteiger partial charge in [0.1, 0.15) is 11.0 Å². The number of nitrogens with zero attached hydrogens (tertiary/aromatic N) is 3. The van der Waals surface area contributed by atoms with Crippen molar-refractivity contribution in [3.8, 4) is 0 Å². The summed E-state index contributed by atoms with van der Waals surface area (Å²) in [4.78, 5) is 8.97. The molecular weight excluding hydrogens is 236 g/mol. The Morgan fingerprint density at radius 2 is 2.24 bits per heavy atom. The fourth-order valence-corrected chi connectivity index (χ4v) is 2.21. The summed E-state index contributed by atoms with van der Waals surface area (Å²) in [5.74, 6) is 0.846. The average Bonchev–Trinajstić information content (AvgIpc) is 2.30. The predicted molar refractivity (Wildman–Crippen MR) is 71.7 cm³/mol. The molecule has 5 heteroatoms. The molecule has 1 fully saturated rings. The third-order valence-corrected chi connectivity index (χ3v) is 3.42. The maximum atomic E-state index is 5.85. The fraction of sp³-hybridized carbons (Fsp3) is 0.583. The van der Waals surface area contributed by atoms with E-state index in [9.17, 15) is 0 Å². The van der Waals surface area contributed by atoms with Gasteiger partial charge in [0.2, 0.25) is 0 Å². The molecular formula is C12H19ClN4. The molecule has 1 aromatic rings. The van der Waals surface area contributed by atoms with Crippen LogP contribution in [0, 0.1) is 0 Å². The largest absolute Gasteiger partial charge is 0.368 e. The summed E-state index contributed by atoms with van der Waals surface area (Å²) in [6, 6.07) is 6.16.